The second-order valence-electron chi connectivity index (χ2n) is 7.74. The predicted octanol–water partition coefficient (Wildman–Crippen LogP) is 3.80. The molecule has 0 aliphatic rings. The molecule has 2 rings (SSSR count). The minimum absolute atomic E-state index is 0.0245. The van der Waals surface area contributed by atoms with Crippen LogP contribution in [-0.2, 0) is 15.3 Å². The van der Waals surface area contributed by atoms with E-state index in [1.165, 1.54) is 0 Å². The van der Waals surface area contributed by atoms with Crippen LogP contribution in [0.4, 0.5) is 4.79 Å². The van der Waals surface area contributed by atoms with Gasteiger partial charge in [0.25, 0.3) is 0 Å². The Balaban J connectivity index is 2.24. The molecule has 2 aromatic rings. The van der Waals surface area contributed by atoms with Gasteiger partial charge in [-0.2, -0.15) is 0 Å². The fourth-order valence-electron chi connectivity index (χ4n) is 3.67. The summed E-state index contributed by atoms with van der Waals surface area (Å²) < 4.78 is 10.5. The molecule has 0 fully saturated rings. The Morgan fingerprint density at radius 1 is 0.812 bits per heavy atom. The number of carbonyl (C=O) groups excluding carboxylic acids is 1. The van der Waals surface area contributed by atoms with Crippen molar-refractivity contribution in [1.82, 2.24) is 0 Å². The minimum atomic E-state index is -2.04. The van der Waals surface area contributed by atoms with Gasteiger partial charge >= 0.3 is 6.16 Å². The fraction of sp³-hybridized carbons (Fsp3) is 0.480. The van der Waals surface area contributed by atoms with Gasteiger partial charge in [-0.3, -0.25) is 0 Å². The maximum absolute atomic E-state index is 12.6. The topological polar surface area (TPSA) is 116 Å². The zero-order valence-electron chi connectivity index (χ0n) is 18.3. The zero-order valence-corrected chi connectivity index (χ0v) is 18.3. The molecule has 3 unspecified atom stereocenters. The molecule has 7 nitrogen and oxygen atoms in total. The summed E-state index contributed by atoms with van der Waals surface area (Å²) >= 11 is 0. The molecule has 0 saturated carbocycles. The number of aliphatic hydroxyl groups is 4. The number of carbonyl (C=O) groups is 1. The second-order valence-corrected chi connectivity index (χ2v) is 7.74. The summed E-state index contributed by atoms with van der Waals surface area (Å²) in [5.74, 6) is -2.65. The molecule has 0 bridgehead atoms. The average Bonchev–Trinajstić information content (AvgIpc) is 2.80. The van der Waals surface area contributed by atoms with Crippen LogP contribution >= 0.6 is 0 Å². The smallest absolute Gasteiger partial charge is 0.404 e. The van der Waals surface area contributed by atoms with E-state index < -0.39 is 24.2 Å². The minimum Gasteiger partial charge on any atom is -0.404 e. The van der Waals surface area contributed by atoms with Crippen molar-refractivity contribution in [3.8, 4) is 0 Å². The summed E-state index contributed by atoms with van der Waals surface area (Å²) in [6, 6.07) is 17.8. The number of hydrogen-bond donors (Lipinski definition) is 4. The standard InChI is InChI=1S/C25H34O7/c26-18-10-3-8-17-23(28)31-24(29)32-25(30,21-14-6-2-7-15-21)22(16-9-11-19-27)20-12-4-1-5-13-20/h1-2,4-7,12-15,22-23,26-28,30H,3,8-11,16-19H2. The number of rotatable bonds is 14. The van der Waals surface area contributed by atoms with Crippen LogP contribution in [0, 0.1) is 0 Å². The first-order valence-electron chi connectivity index (χ1n) is 11.1. The molecule has 0 amide bonds. The molecule has 0 aliphatic carbocycles. The molecule has 0 heterocycles. The summed E-state index contributed by atoms with van der Waals surface area (Å²) in [6.45, 7) is 0.0942. The molecule has 2 aromatic carbocycles. The lowest BCUT2D eigenvalue weighted by Gasteiger charge is -2.36. The van der Waals surface area contributed by atoms with Gasteiger partial charge < -0.3 is 29.9 Å². The van der Waals surface area contributed by atoms with Gasteiger partial charge in [0.05, 0.1) is 5.92 Å². The summed E-state index contributed by atoms with van der Waals surface area (Å²) in [4.78, 5) is 12.6. The average molecular weight is 447 g/mol. The molecule has 0 spiro atoms. The molecule has 0 aliphatic heterocycles. The number of benzene rings is 2. The summed E-state index contributed by atoms with van der Waals surface area (Å²) in [5, 5.41) is 39.8. The number of ether oxygens (including phenoxy) is 2. The van der Waals surface area contributed by atoms with Crippen LogP contribution in [0.5, 0.6) is 0 Å². The Bertz CT molecular complexity index is 768. The van der Waals surface area contributed by atoms with Crippen molar-refractivity contribution in [2.24, 2.45) is 0 Å². The summed E-state index contributed by atoms with van der Waals surface area (Å²) in [5.41, 5.74) is 1.15. The van der Waals surface area contributed by atoms with E-state index in [0.717, 1.165) is 5.56 Å². The van der Waals surface area contributed by atoms with Crippen LogP contribution in [0.15, 0.2) is 60.7 Å². The molecular formula is C25H34O7. The summed E-state index contributed by atoms with van der Waals surface area (Å²) in [6.07, 6.45) is 1.15. The van der Waals surface area contributed by atoms with Crippen molar-refractivity contribution in [2.45, 2.75) is 62.9 Å². The number of hydrogen-bond acceptors (Lipinski definition) is 7. The second kappa shape index (κ2) is 13.9. The molecular weight excluding hydrogens is 412 g/mol. The Kier molecular flexibility index (Phi) is 11.2. The lowest BCUT2D eigenvalue weighted by molar-refractivity contribution is -0.215. The molecule has 176 valence electrons. The van der Waals surface area contributed by atoms with Crippen LogP contribution in [0.1, 0.15) is 62.0 Å². The van der Waals surface area contributed by atoms with E-state index in [1.807, 2.05) is 30.3 Å². The maximum Gasteiger partial charge on any atom is 0.513 e. The lowest BCUT2D eigenvalue weighted by atomic mass is 9.82. The van der Waals surface area contributed by atoms with E-state index >= 15 is 0 Å². The monoisotopic (exact) mass is 446 g/mol. The van der Waals surface area contributed by atoms with Crippen LogP contribution in [0.2, 0.25) is 0 Å². The molecule has 7 heteroatoms. The Labute approximate surface area is 189 Å². The van der Waals surface area contributed by atoms with Crippen molar-refractivity contribution >= 4 is 6.16 Å². The molecule has 4 N–H and O–H groups in total. The molecule has 0 radical (unpaired) electrons. The van der Waals surface area contributed by atoms with Crippen molar-refractivity contribution in [2.75, 3.05) is 13.2 Å². The normalized spacial score (nSPS) is 14.9. The van der Waals surface area contributed by atoms with Gasteiger partial charge in [0.15, 0.2) is 0 Å². The Morgan fingerprint density at radius 3 is 2.00 bits per heavy atom. The highest BCUT2D eigenvalue weighted by atomic mass is 16.8. The quantitative estimate of drug-likeness (QED) is 0.198. The largest absolute Gasteiger partial charge is 0.513 e. The van der Waals surface area contributed by atoms with Crippen molar-refractivity contribution in [1.29, 1.82) is 0 Å². The molecule has 32 heavy (non-hydrogen) atoms. The highest BCUT2D eigenvalue weighted by molar-refractivity contribution is 5.61. The van der Waals surface area contributed by atoms with Crippen LogP contribution in [0.3, 0.4) is 0 Å². The SMILES string of the molecule is O=C(OC(O)CCCCCO)OC(O)(c1ccccc1)C(CCCCO)c1ccccc1. The molecule has 0 saturated heterocycles. The first-order valence-corrected chi connectivity index (χ1v) is 11.1. The van der Waals surface area contributed by atoms with E-state index in [-0.39, 0.29) is 19.6 Å². The number of aliphatic hydroxyl groups excluding tert-OH is 3. The maximum atomic E-state index is 12.6. The van der Waals surface area contributed by atoms with E-state index in [2.05, 4.69) is 0 Å². The third kappa shape index (κ3) is 7.91. The van der Waals surface area contributed by atoms with Gasteiger partial charge in [-0.15, -0.1) is 0 Å². The van der Waals surface area contributed by atoms with E-state index in [0.29, 0.717) is 44.1 Å². The highest BCUT2D eigenvalue weighted by Gasteiger charge is 2.44. The molecule has 0 aromatic heterocycles. The Morgan fingerprint density at radius 2 is 1.38 bits per heavy atom. The summed E-state index contributed by atoms with van der Waals surface area (Å²) in [7, 11) is 0. The Hall–Kier alpha value is -2.45. The zero-order chi connectivity index (χ0) is 23.2. The molecule has 3 atom stereocenters. The van der Waals surface area contributed by atoms with Gasteiger partial charge in [-0.05, 0) is 31.2 Å². The van der Waals surface area contributed by atoms with Crippen LogP contribution in [0.25, 0.3) is 0 Å². The fourth-order valence-corrected chi connectivity index (χ4v) is 3.67. The lowest BCUT2D eigenvalue weighted by Crippen LogP contribution is -2.39. The van der Waals surface area contributed by atoms with Crippen molar-refractivity contribution in [3.05, 3.63) is 71.8 Å². The van der Waals surface area contributed by atoms with Crippen molar-refractivity contribution in [3.63, 3.8) is 0 Å². The third-order valence-electron chi connectivity index (χ3n) is 5.34. The van der Waals surface area contributed by atoms with Gasteiger partial charge in [0.1, 0.15) is 0 Å². The van der Waals surface area contributed by atoms with Crippen molar-refractivity contribution < 1.29 is 34.7 Å². The van der Waals surface area contributed by atoms with Crippen LogP contribution < -0.4 is 0 Å². The van der Waals surface area contributed by atoms with E-state index in [4.69, 9.17) is 14.6 Å². The van der Waals surface area contributed by atoms with Gasteiger partial charge in [0.2, 0.25) is 12.1 Å². The number of unbranched alkanes of at least 4 members (excludes halogenated alkanes) is 3. The highest BCUT2D eigenvalue weighted by Crippen LogP contribution is 2.42. The van der Waals surface area contributed by atoms with Gasteiger partial charge in [-0.1, -0.05) is 73.5 Å². The third-order valence-corrected chi connectivity index (χ3v) is 5.34. The van der Waals surface area contributed by atoms with E-state index in [9.17, 15) is 20.1 Å². The first kappa shape index (κ1) is 25.8. The van der Waals surface area contributed by atoms with Gasteiger partial charge in [-0.25, -0.2) is 4.79 Å². The first-order chi connectivity index (χ1) is 15.5. The van der Waals surface area contributed by atoms with E-state index in [1.54, 1.807) is 30.3 Å². The van der Waals surface area contributed by atoms with Gasteiger partial charge in [0, 0.05) is 25.2 Å². The predicted molar refractivity (Wildman–Crippen MR) is 120 cm³/mol. The van der Waals surface area contributed by atoms with Crippen LogP contribution in [-0.4, -0.2) is 46.1 Å².